The molecule has 0 aliphatic heterocycles. The highest BCUT2D eigenvalue weighted by Gasteiger charge is 2.16. The van der Waals surface area contributed by atoms with Crippen molar-refractivity contribution in [2.45, 2.75) is 33.9 Å². The van der Waals surface area contributed by atoms with E-state index < -0.39 is 5.97 Å². The topological polar surface area (TPSA) is 53.2 Å². The zero-order chi connectivity index (χ0) is 17.3. The van der Waals surface area contributed by atoms with Gasteiger partial charge in [0, 0.05) is 6.54 Å². The number of carbonyl (C=O) groups is 1. The first-order valence-corrected chi connectivity index (χ1v) is 7.97. The van der Waals surface area contributed by atoms with Crippen LogP contribution in [0.4, 0.5) is 0 Å². The van der Waals surface area contributed by atoms with Crippen molar-refractivity contribution in [3.63, 3.8) is 0 Å². The Balaban J connectivity index is 1.91. The molecule has 0 aliphatic rings. The van der Waals surface area contributed by atoms with Gasteiger partial charge in [-0.05, 0) is 44.5 Å². The van der Waals surface area contributed by atoms with E-state index in [-0.39, 0.29) is 12.2 Å². The number of carbonyl (C=O) groups excluding carboxylic acids is 1. The van der Waals surface area contributed by atoms with Gasteiger partial charge in [0.15, 0.2) is 0 Å². The van der Waals surface area contributed by atoms with E-state index in [9.17, 15) is 9.59 Å². The Kier molecular flexibility index (Phi) is 4.25. The molecule has 0 spiro atoms. The maximum Gasteiger partial charge on any atom is 0.331 e. The minimum absolute atomic E-state index is 0.111. The van der Waals surface area contributed by atoms with Crippen molar-refractivity contribution in [3.8, 4) is 5.75 Å². The fraction of sp³-hybridized carbons (Fsp3) is 0.263. The molecule has 124 valence electrons. The van der Waals surface area contributed by atoms with Gasteiger partial charge >= 0.3 is 11.7 Å². The van der Waals surface area contributed by atoms with Crippen LogP contribution in [0.2, 0.25) is 0 Å². The fourth-order valence-electron chi connectivity index (χ4n) is 2.93. The minimum atomic E-state index is -0.456. The van der Waals surface area contributed by atoms with Gasteiger partial charge in [0.2, 0.25) is 0 Å². The number of aryl methyl sites for hydroxylation is 3. The predicted molar refractivity (Wildman–Crippen MR) is 93.4 cm³/mol. The van der Waals surface area contributed by atoms with E-state index in [1.54, 1.807) is 10.6 Å². The summed E-state index contributed by atoms with van der Waals surface area (Å²) < 4.78 is 8.56. The maximum atomic E-state index is 12.5. The number of fused-ring (bicyclic) bond motifs is 1. The highest BCUT2D eigenvalue weighted by atomic mass is 16.5. The summed E-state index contributed by atoms with van der Waals surface area (Å²) in [5.41, 5.74) is 3.36. The summed E-state index contributed by atoms with van der Waals surface area (Å²) in [7, 11) is 0. The molecular weight excluding hydrogens is 304 g/mol. The molecule has 0 atom stereocenters. The summed E-state index contributed by atoms with van der Waals surface area (Å²) in [6.45, 7) is 6.23. The standard InChI is InChI=1S/C19H20N2O3/c1-4-20-15-7-5-6-8-16(15)21(19(20)23)12-18(22)24-17-10-9-13(2)11-14(17)3/h5-11H,4,12H2,1-3H3. The van der Waals surface area contributed by atoms with Crippen molar-refractivity contribution in [2.24, 2.45) is 0 Å². The highest BCUT2D eigenvalue weighted by Crippen LogP contribution is 2.19. The first-order chi connectivity index (χ1) is 11.5. The first-order valence-electron chi connectivity index (χ1n) is 7.97. The molecule has 24 heavy (non-hydrogen) atoms. The van der Waals surface area contributed by atoms with E-state index in [1.807, 2.05) is 57.2 Å². The monoisotopic (exact) mass is 324 g/mol. The zero-order valence-electron chi connectivity index (χ0n) is 14.1. The molecule has 0 radical (unpaired) electrons. The largest absolute Gasteiger partial charge is 0.425 e. The second-order valence-corrected chi connectivity index (χ2v) is 5.84. The average Bonchev–Trinajstić information content (AvgIpc) is 2.82. The van der Waals surface area contributed by atoms with Crippen LogP contribution < -0.4 is 10.4 Å². The van der Waals surface area contributed by atoms with Crippen LogP contribution in [-0.2, 0) is 17.9 Å². The van der Waals surface area contributed by atoms with Crippen LogP contribution in [0.5, 0.6) is 5.75 Å². The average molecular weight is 324 g/mol. The summed E-state index contributed by atoms with van der Waals surface area (Å²) in [6, 6.07) is 13.1. The van der Waals surface area contributed by atoms with Crippen LogP contribution in [0.1, 0.15) is 18.1 Å². The molecule has 5 nitrogen and oxygen atoms in total. The number of ether oxygens (including phenoxy) is 1. The van der Waals surface area contributed by atoms with Crippen molar-refractivity contribution in [1.82, 2.24) is 9.13 Å². The molecule has 0 amide bonds. The predicted octanol–water partition coefficient (Wildman–Crippen LogP) is 3.05. The van der Waals surface area contributed by atoms with E-state index >= 15 is 0 Å². The van der Waals surface area contributed by atoms with E-state index in [0.29, 0.717) is 12.3 Å². The number of nitrogens with zero attached hydrogens (tertiary/aromatic N) is 2. The lowest BCUT2D eigenvalue weighted by molar-refractivity contribution is -0.135. The minimum Gasteiger partial charge on any atom is -0.425 e. The van der Waals surface area contributed by atoms with E-state index in [2.05, 4.69) is 0 Å². The van der Waals surface area contributed by atoms with Crippen molar-refractivity contribution < 1.29 is 9.53 Å². The van der Waals surface area contributed by atoms with Gasteiger partial charge in [0.05, 0.1) is 11.0 Å². The molecule has 0 aliphatic carbocycles. The van der Waals surface area contributed by atoms with Gasteiger partial charge in [0.1, 0.15) is 12.3 Å². The lowest BCUT2D eigenvalue weighted by atomic mass is 10.1. The van der Waals surface area contributed by atoms with Crippen molar-refractivity contribution in [3.05, 3.63) is 64.1 Å². The molecule has 3 aromatic rings. The zero-order valence-corrected chi connectivity index (χ0v) is 14.1. The second kappa shape index (κ2) is 6.35. The number of imidazole rings is 1. The van der Waals surface area contributed by atoms with Crippen LogP contribution >= 0.6 is 0 Å². The molecule has 0 N–H and O–H groups in total. The molecule has 0 saturated carbocycles. The van der Waals surface area contributed by atoms with Crippen molar-refractivity contribution in [2.75, 3.05) is 0 Å². The number of para-hydroxylation sites is 2. The lowest BCUT2D eigenvalue weighted by Gasteiger charge is -2.08. The van der Waals surface area contributed by atoms with Gasteiger partial charge in [-0.25, -0.2) is 9.59 Å². The van der Waals surface area contributed by atoms with Crippen molar-refractivity contribution in [1.29, 1.82) is 0 Å². The van der Waals surface area contributed by atoms with E-state index in [4.69, 9.17) is 4.74 Å². The molecule has 2 aromatic carbocycles. The summed E-state index contributed by atoms with van der Waals surface area (Å²) in [6.07, 6.45) is 0. The van der Waals surface area contributed by atoms with Crippen LogP contribution in [0, 0.1) is 13.8 Å². The van der Waals surface area contributed by atoms with Crippen LogP contribution in [0.25, 0.3) is 11.0 Å². The Bertz CT molecular complexity index is 966. The Morgan fingerprint density at radius 1 is 1.04 bits per heavy atom. The molecule has 1 aromatic heterocycles. The summed E-state index contributed by atoms with van der Waals surface area (Å²) >= 11 is 0. The SMILES string of the molecule is CCn1c(=O)n(CC(=O)Oc2ccc(C)cc2C)c2ccccc21. The molecule has 0 unspecified atom stereocenters. The summed E-state index contributed by atoms with van der Waals surface area (Å²) in [5, 5.41) is 0. The third kappa shape index (κ3) is 2.85. The van der Waals surface area contributed by atoms with Gasteiger partial charge in [-0.1, -0.05) is 29.8 Å². The number of aromatic nitrogens is 2. The third-order valence-corrected chi connectivity index (χ3v) is 4.08. The first kappa shape index (κ1) is 16.1. The number of benzene rings is 2. The molecule has 1 heterocycles. The fourth-order valence-corrected chi connectivity index (χ4v) is 2.93. The van der Waals surface area contributed by atoms with Crippen molar-refractivity contribution >= 4 is 17.0 Å². The Morgan fingerprint density at radius 2 is 1.71 bits per heavy atom. The van der Waals surface area contributed by atoms with E-state index in [0.717, 1.165) is 22.2 Å². The van der Waals surface area contributed by atoms with Gasteiger partial charge in [-0.3, -0.25) is 9.13 Å². The molecule has 5 heteroatoms. The Morgan fingerprint density at radius 3 is 2.33 bits per heavy atom. The molecule has 0 saturated heterocycles. The number of esters is 1. The maximum absolute atomic E-state index is 12.5. The molecular formula is C19H20N2O3. The van der Waals surface area contributed by atoms with Crippen LogP contribution in [0.3, 0.4) is 0 Å². The van der Waals surface area contributed by atoms with Crippen LogP contribution in [-0.4, -0.2) is 15.1 Å². The van der Waals surface area contributed by atoms with Gasteiger partial charge in [-0.2, -0.15) is 0 Å². The Hall–Kier alpha value is -2.82. The highest BCUT2D eigenvalue weighted by molar-refractivity contribution is 5.79. The molecule has 0 bridgehead atoms. The normalized spacial score (nSPS) is 11.0. The lowest BCUT2D eigenvalue weighted by Crippen LogP contribution is -2.28. The van der Waals surface area contributed by atoms with Gasteiger partial charge in [0.25, 0.3) is 0 Å². The van der Waals surface area contributed by atoms with Crippen LogP contribution in [0.15, 0.2) is 47.3 Å². The molecule has 0 fully saturated rings. The third-order valence-electron chi connectivity index (χ3n) is 4.08. The number of rotatable bonds is 4. The quantitative estimate of drug-likeness (QED) is 0.547. The summed E-state index contributed by atoms with van der Waals surface area (Å²) in [4.78, 5) is 24.9. The summed E-state index contributed by atoms with van der Waals surface area (Å²) in [5.74, 6) is 0.0703. The second-order valence-electron chi connectivity index (χ2n) is 5.84. The molecule has 3 rings (SSSR count). The van der Waals surface area contributed by atoms with Gasteiger partial charge in [-0.15, -0.1) is 0 Å². The number of hydrogen-bond acceptors (Lipinski definition) is 3. The Labute approximate surface area is 140 Å². The number of hydrogen-bond donors (Lipinski definition) is 0. The van der Waals surface area contributed by atoms with E-state index in [1.165, 1.54) is 4.57 Å². The smallest absolute Gasteiger partial charge is 0.331 e. The van der Waals surface area contributed by atoms with Gasteiger partial charge < -0.3 is 4.74 Å².